The summed E-state index contributed by atoms with van der Waals surface area (Å²) in [6, 6.07) is 10.7. The molecule has 5 heteroatoms. The Morgan fingerprint density at radius 1 is 1.32 bits per heavy atom. The number of hydrogen-bond acceptors (Lipinski definition) is 4. The fourth-order valence-corrected chi connectivity index (χ4v) is 2.79. The lowest BCUT2D eigenvalue weighted by molar-refractivity contribution is 0.386. The van der Waals surface area contributed by atoms with Crippen LogP contribution in [0.3, 0.4) is 0 Å². The van der Waals surface area contributed by atoms with Crippen LogP contribution in [0.15, 0.2) is 53.9 Å². The molecule has 1 saturated heterocycles. The minimum atomic E-state index is 0.323. The zero-order valence-electron chi connectivity index (χ0n) is 12.6. The quantitative estimate of drug-likeness (QED) is 0.380. The van der Waals surface area contributed by atoms with E-state index in [0.717, 1.165) is 32.0 Å². The molecular formula is C17H23N5. The van der Waals surface area contributed by atoms with Crippen LogP contribution in [0.2, 0.25) is 0 Å². The van der Waals surface area contributed by atoms with Crippen LogP contribution in [0.25, 0.3) is 0 Å². The number of nitrogens with two attached hydrogens (primary N) is 2. The number of allylic oxidation sites excluding steroid dienone is 1. The molecule has 116 valence electrons. The molecule has 0 aliphatic carbocycles. The number of nitrogens with zero attached hydrogens (tertiary/aromatic N) is 1. The third kappa shape index (κ3) is 3.75. The lowest BCUT2D eigenvalue weighted by Gasteiger charge is -2.26. The van der Waals surface area contributed by atoms with Gasteiger partial charge in [-0.3, -0.25) is 5.41 Å². The minimum Gasteiger partial charge on any atom is -0.404 e. The molecule has 0 spiro atoms. The van der Waals surface area contributed by atoms with E-state index in [1.807, 2.05) is 18.2 Å². The molecule has 1 fully saturated rings. The van der Waals surface area contributed by atoms with Gasteiger partial charge in [-0.05, 0) is 24.8 Å². The predicted molar refractivity (Wildman–Crippen MR) is 90.9 cm³/mol. The van der Waals surface area contributed by atoms with Gasteiger partial charge in [0.05, 0.1) is 0 Å². The summed E-state index contributed by atoms with van der Waals surface area (Å²) in [6.45, 7) is 0.867. The molecule has 1 aliphatic heterocycles. The highest BCUT2D eigenvalue weighted by Gasteiger charge is 2.26. The van der Waals surface area contributed by atoms with Crippen molar-refractivity contribution in [1.29, 1.82) is 10.8 Å². The highest BCUT2D eigenvalue weighted by atomic mass is 15.2. The molecular weight excluding hydrogens is 274 g/mol. The van der Waals surface area contributed by atoms with Gasteiger partial charge in [0, 0.05) is 42.3 Å². The van der Waals surface area contributed by atoms with Crippen molar-refractivity contribution in [1.82, 2.24) is 4.90 Å². The zero-order chi connectivity index (χ0) is 15.9. The number of benzene rings is 1. The maximum absolute atomic E-state index is 8.28. The van der Waals surface area contributed by atoms with E-state index in [2.05, 4.69) is 17.0 Å². The molecule has 5 nitrogen and oxygen atoms in total. The van der Waals surface area contributed by atoms with Gasteiger partial charge in [-0.25, -0.2) is 0 Å². The highest BCUT2D eigenvalue weighted by molar-refractivity contribution is 5.94. The first-order valence-corrected chi connectivity index (χ1v) is 7.44. The van der Waals surface area contributed by atoms with Gasteiger partial charge in [-0.2, -0.15) is 0 Å². The number of amidine groups is 1. The van der Waals surface area contributed by atoms with Crippen LogP contribution in [-0.4, -0.2) is 29.5 Å². The van der Waals surface area contributed by atoms with Crippen LogP contribution in [0.5, 0.6) is 0 Å². The van der Waals surface area contributed by atoms with Gasteiger partial charge in [-0.15, -0.1) is 0 Å². The average molecular weight is 297 g/mol. The van der Waals surface area contributed by atoms with Crippen LogP contribution in [0, 0.1) is 10.8 Å². The molecule has 1 heterocycles. The molecule has 1 unspecified atom stereocenters. The van der Waals surface area contributed by atoms with Crippen LogP contribution < -0.4 is 11.5 Å². The number of nitrogens with one attached hydrogen (secondary N) is 2. The van der Waals surface area contributed by atoms with Gasteiger partial charge in [0.2, 0.25) is 0 Å². The maximum atomic E-state index is 8.28. The summed E-state index contributed by atoms with van der Waals surface area (Å²) in [5.41, 5.74) is 13.4. The fourth-order valence-electron chi connectivity index (χ4n) is 2.79. The highest BCUT2D eigenvalue weighted by Crippen LogP contribution is 2.22. The van der Waals surface area contributed by atoms with Gasteiger partial charge in [0.15, 0.2) is 0 Å². The molecule has 1 aliphatic rings. The van der Waals surface area contributed by atoms with Crippen LogP contribution in [0.1, 0.15) is 18.4 Å². The van der Waals surface area contributed by atoms with Gasteiger partial charge in [-0.1, -0.05) is 30.3 Å². The van der Waals surface area contributed by atoms with Crippen molar-refractivity contribution in [2.75, 3.05) is 6.54 Å². The Morgan fingerprint density at radius 3 is 2.68 bits per heavy atom. The summed E-state index contributed by atoms with van der Waals surface area (Å²) in [5, 5.41) is 15.5. The Labute approximate surface area is 131 Å². The lowest BCUT2D eigenvalue weighted by Crippen LogP contribution is -2.35. The van der Waals surface area contributed by atoms with Crippen molar-refractivity contribution in [2.24, 2.45) is 11.5 Å². The summed E-state index contributed by atoms with van der Waals surface area (Å²) in [5.74, 6) is 0.386. The first-order valence-electron chi connectivity index (χ1n) is 7.44. The van der Waals surface area contributed by atoms with Crippen LogP contribution >= 0.6 is 0 Å². The monoisotopic (exact) mass is 297 g/mol. The molecule has 1 aromatic rings. The maximum Gasteiger partial charge on any atom is 0.122 e. The predicted octanol–water partition coefficient (Wildman–Crippen LogP) is 2.01. The summed E-state index contributed by atoms with van der Waals surface area (Å²) in [4.78, 5) is 2.08. The van der Waals surface area contributed by atoms with Gasteiger partial charge < -0.3 is 21.8 Å². The molecule has 6 N–H and O–H groups in total. The SMILES string of the molecule is N=CC(=CN)C(N)=CC(=N)N1CCCC1Cc1ccccc1. The lowest BCUT2D eigenvalue weighted by atomic mass is 10.0. The molecule has 0 bridgehead atoms. The van der Waals surface area contributed by atoms with E-state index in [0.29, 0.717) is 23.1 Å². The van der Waals surface area contributed by atoms with E-state index in [1.54, 1.807) is 6.08 Å². The van der Waals surface area contributed by atoms with Crippen molar-refractivity contribution in [3.8, 4) is 0 Å². The van der Waals surface area contributed by atoms with E-state index < -0.39 is 0 Å². The standard InChI is InChI=1S/C17H23N5/c18-11-14(12-19)16(20)10-17(21)22-8-4-7-15(22)9-13-5-2-1-3-6-13/h1-3,5-6,10-12,15,18,21H,4,7-9,19-20H2. The van der Waals surface area contributed by atoms with Crippen LogP contribution in [-0.2, 0) is 6.42 Å². The third-order valence-electron chi connectivity index (χ3n) is 3.96. The van der Waals surface area contributed by atoms with E-state index >= 15 is 0 Å². The van der Waals surface area contributed by atoms with Crippen molar-refractivity contribution in [3.05, 3.63) is 59.4 Å². The summed E-state index contributed by atoms with van der Waals surface area (Å²) < 4.78 is 0. The largest absolute Gasteiger partial charge is 0.404 e. The molecule has 0 aromatic heterocycles. The molecule has 1 aromatic carbocycles. The Kier molecular flexibility index (Phi) is 5.36. The molecule has 2 rings (SSSR count). The fraction of sp³-hybridized carbons (Fsp3) is 0.294. The van der Waals surface area contributed by atoms with Crippen molar-refractivity contribution < 1.29 is 0 Å². The Hall–Kier alpha value is -2.56. The smallest absolute Gasteiger partial charge is 0.122 e. The molecule has 1 atom stereocenters. The number of hydrogen-bond donors (Lipinski definition) is 4. The second-order valence-corrected chi connectivity index (χ2v) is 5.43. The molecule has 0 amide bonds. The normalized spacial score (nSPS) is 19.3. The van der Waals surface area contributed by atoms with Crippen molar-refractivity contribution in [3.63, 3.8) is 0 Å². The number of likely N-dealkylation sites (tertiary alicyclic amines) is 1. The van der Waals surface area contributed by atoms with E-state index in [4.69, 9.17) is 22.3 Å². The molecule has 22 heavy (non-hydrogen) atoms. The van der Waals surface area contributed by atoms with Gasteiger partial charge in [0.25, 0.3) is 0 Å². The van der Waals surface area contributed by atoms with Crippen molar-refractivity contribution in [2.45, 2.75) is 25.3 Å². The topological polar surface area (TPSA) is 103 Å². The van der Waals surface area contributed by atoms with Gasteiger partial charge in [0.1, 0.15) is 5.84 Å². The molecule has 0 radical (unpaired) electrons. The summed E-state index contributed by atoms with van der Waals surface area (Å²) in [7, 11) is 0. The van der Waals surface area contributed by atoms with Crippen LogP contribution in [0.4, 0.5) is 0 Å². The minimum absolute atomic E-state index is 0.323. The Balaban J connectivity index is 2.08. The average Bonchev–Trinajstić information content (AvgIpc) is 2.97. The summed E-state index contributed by atoms with van der Waals surface area (Å²) >= 11 is 0. The van der Waals surface area contributed by atoms with E-state index in [9.17, 15) is 0 Å². The van der Waals surface area contributed by atoms with E-state index in [1.165, 1.54) is 11.8 Å². The Morgan fingerprint density at radius 2 is 2.05 bits per heavy atom. The first kappa shape index (κ1) is 15.8. The Bertz CT molecular complexity index is 588. The third-order valence-corrected chi connectivity index (χ3v) is 3.96. The van der Waals surface area contributed by atoms with Gasteiger partial charge >= 0.3 is 0 Å². The summed E-state index contributed by atoms with van der Waals surface area (Å²) in [6.07, 6.45) is 7.07. The zero-order valence-corrected chi connectivity index (χ0v) is 12.6. The van der Waals surface area contributed by atoms with E-state index in [-0.39, 0.29) is 0 Å². The second kappa shape index (κ2) is 7.45. The second-order valence-electron chi connectivity index (χ2n) is 5.43. The molecule has 0 saturated carbocycles. The number of rotatable bonds is 5. The first-order chi connectivity index (χ1) is 10.7. The van der Waals surface area contributed by atoms with Crippen molar-refractivity contribution >= 4 is 12.1 Å².